The zero-order valence-corrected chi connectivity index (χ0v) is 16.6. The highest BCUT2D eigenvalue weighted by atomic mass is 32.2. The van der Waals surface area contributed by atoms with Gasteiger partial charge >= 0.3 is 12.0 Å². The van der Waals surface area contributed by atoms with E-state index in [2.05, 4.69) is 22.5 Å². The van der Waals surface area contributed by atoms with Crippen LogP contribution in [0.25, 0.3) is 0 Å². The lowest BCUT2D eigenvalue weighted by Gasteiger charge is -2.16. The minimum absolute atomic E-state index is 0.0201. The van der Waals surface area contributed by atoms with Crippen molar-refractivity contribution in [1.82, 2.24) is 10.6 Å². The number of hydrogen-bond donors (Lipinski definition) is 4. The molecular weight excluding hydrogens is 374 g/mol. The number of unbranched alkanes of at least 4 members (excludes halogenated alkanes) is 3. The normalized spacial score (nSPS) is 23.9. The lowest BCUT2D eigenvalue weighted by Crippen LogP contribution is -2.36. The molecular formula is C21H27N3O3S. The number of carbonyl (C=O) groups excluding carboxylic acids is 1. The molecule has 2 fully saturated rings. The highest BCUT2D eigenvalue weighted by Gasteiger charge is 2.42. The number of carboxylic acids is 1. The summed E-state index contributed by atoms with van der Waals surface area (Å²) >= 11 is 1.96. The quantitative estimate of drug-likeness (QED) is 0.303. The maximum Gasteiger partial charge on any atom is 0.320 e. The third-order valence-corrected chi connectivity index (χ3v) is 6.70. The Labute approximate surface area is 170 Å². The van der Waals surface area contributed by atoms with Crippen molar-refractivity contribution in [3.8, 4) is 11.8 Å². The summed E-state index contributed by atoms with van der Waals surface area (Å²) < 4.78 is 0. The standard InChI is InChI=1S/C21H27N3O3S/c22-16(20(25)26)12-15-10-8-14(9-11-15)6-4-2-1-3-5-7-18-19-17(13-28-18)23-21(27)24-19/h8-11,16-19H,1-3,5,7,12-13,22H2,(H,25,26)(H2,23,24,27)/t16-,17-,18-,19-/m0/s1. The van der Waals surface area contributed by atoms with Gasteiger partial charge in [-0.05, 0) is 37.0 Å². The Hall–Kier alpha value is -2.17. The summed E-state index contributed by atoms with van der Waals surface area (Å²) in [5, 5.41) is 15.4. The molecule has 2 heterocycles. The summed E-state index contributed by atoms with van der Waals surface area (Å²) in [4.78, 5) is 22.2. The Morgan fingerprint density at radius 1 is 1.25 bits per heavy atom. The second-order valence-corrected chi connectivity index (χ2v) is 8.64. The van der Waals surface area contributed by atoms with E-state index in [0.717, 1.165) is 49.0 Å². The van der Waals surface area contributed by atoms with Gasteiger partial charge in [0, 0.05) is 23.0 Å². The number of benzene rings is 1. The fourth-order valence-corrected chi connectivity index (χ4v) is 5.15. The van der Waals surface area contributed by atoms with E-state index in [1.807, 2.05) is 36.0 Å². The van der Waals surface area contributed by atoms with Crippen molar-refractivity contribution in [2.75, 3.05) is 5.75 Å². The van der Waals surface area contributed by atoms with Crippen LogP contribution in [0.4, 0.5) is 4.79 Å². The Balaban J connectivity index is 1.31. The summed E-state index contributed by atoms with van der Waals surface area (Å²) in [6.07, 6.45) is 5.72. The molecule has 0 unspecified atom stereocenters. The van der Waals surface area contributed by atoms with Crippen LogP contribution in [-0.4, -0.2) is 46.2 Å². The van der Waals surface area contributed by atoms with E-state index in [4.69, 9.17) is 10.8 Å². The number of amides is 2. The van der Waals surface area contributed by atoms with Gasteiger partial charge < -0.3 is 21.5 Å². The second kappa shape index (κ2) is 9.85. The molecule has 2 aliphatic rings. The van der Waals surface area contributed by atoms with Crippen LogP contribution in [0.2, 0.25) is 0 Å². The monoisotopic (exact) mass is 401 g/mol. The van der Waals surface area contributed by atoms with E-state index in [-0.39, 0.29) is 6.03 Å². The van der Waals surface area contributed by atoms with Gasteiger partial charge in [-0.3, -0.25) is 4.79 Å². The molecule has 6 nitrogen and oxygen atoms in total. The zero-order valence-electron chi connectivity index (χ0n) is 15.8. The van der Waals surface area contributed by atoms with E-state index in [0.29, 0.717) is 23.8 Å². The average molecular weight is 402 g/mol. The van der Waals surface area contributed by atoms with Crippen molar-refractivity contribution < 1.29 is 14.7 Å². The first-order valence-electron chi connectivity index (χ1n) is 9.78. The Kier molecular flexibility index (Phi) is 7.24. The van der Waals surface area contributed by atoms with Crippen LogP contribution in [0.1, 0.15) is 43.2 Å². The molecule has 0 spiro atoms. The van der Waals surface area contributed by atoms with Crippen LogP contribution in [-0.2, 0) is 11.2 Å². The first kappa shape index (κ1) is 20.6. The van der Waals surface area contributed by atoms with Crippen LogP contribution in [0.5, 0.6) is 0 Å². The number of aliphatic carboxylic acids is 1. The van der Waals surface area contributed by atoms with Crippen molar-refractivity contribution in [3.63, 3.8) is 0 Å². The predicted molar refractivity (Wildman–Crippen MR) is 111 cm³/mol. The van der Waals surface area contributed by atoms with Gasteiger partial charge in [-0.1, -0.05) is 36.8 Å². The van der Waals surface area contributed by atoms with Crippen LogP contribution in [0.15, 0.2) is 24.3 Å². The van der Waals surface area contributed by atoms with Crippen molar-refractivity contribution in [2.24, 2.45) is 5.73 Å². The van der Waals surface area contributed by atoms with Crippen LogP contribution in [0.3, 0.4) is 0 Å². The minimum Gasteiger partial charge on any atom is -0.480 e. The molecule has 0 radical (unpaired) electrons. The molecule has 2 amide bonds. The highest BCUT2D eigenvalue weighted by Crippen LogP contribution is 2.33. The Bertz CT molecular complexity index is 756. The maximum atomic E-state index is 11.4. The highest BCUT2D eigenvalue weighted by molar-refractivity contribution is 8.00. The van der Waals surface area contributed by atoms with Crippen molar-refractivity contribution in [3.05, 3.63) is 35.4 Å². The second-order valence-electron chi connectivity index (χ2n) is 7.37. The van der Waals surface area contributed by atoms with Gasteiger partial charge in [0.05, 0.1) is 12.1 Å². The minimum atomic E-state index is -0.986. The van der Waals surface area contributed by atoms with Crippen molar-refractivity contribution >= 4 is 23.8 Å². The molecule has 1 aromatic carbocycles. The number of carboxylic acid groups (broad SMARTS) is 1. The van der Waals surface area contributed by atoms with Gasteiger partial charge in [0.25, 0.3) is 0 Å². The molecule has 4 atom stereocenters. The lowest BCUT2D eigenvalue weighted by molar-refractivity contribution is -0.138. The average Bonchev–Trinajstić information content (AvgIpc) is 3.21. The molecule has 1 aromatic rings. The van der Waals surface area contributed by atoms with E-state index >= 15 is 0 Å². The number of thioether (sulfide) groups is 1. The van der Waals surface area contributed by atoms with Crippen LogP contribution >= 0.6 is 11.8 Å². The van der Waals surface area contributed by atoms with E-state index < -0.39 is 12.0 Å². The molecule has 2 saturated heterocycles. The van der Waals surface area contributed by atoms with E-state index in [1.165, 1.54) is 0 Å². The number of urea groups is 1. The topological polar surface area (TPSA) is 104 Å². The molecule has 3 rings (SSSR count). The van der Waals surface area contributed by atoms with E-state index in [1.54, 1.807) is 0 Å². The van der Waals surface area contributed by atoms with Gasteiger partial charge in [-0.15, -0.1) is 0 Å². The zero-order chi connectivity index (χ0) is 19.9. The lowest BCUT2D eigenvalue weighted by atomic mass is 10.0. The molecule has 150 valence electrons. The Morgan fingerprint density at radius 3 is 2.79 bits per heavy atom. The summed E-state index contributed by atoms with van der Waals surface area (Å²) in [6.45, 7) is 0. The smallest absolute Gasteiger partial charge is 0.320 e. The molecule has 0 aliphatic carbocycles. The SMILES string of the molecule is N[C@@H](Cc1ccc(C#CCCCCC[C@@H]2SC[C@@H]3NC(=O)N[C@@H]32)cc1)C(=O)O. The molecule has 2 aliphatic heterocycles. The molecule has 0 saturated carbocycles. The molecule has 0 aromatic heterocycles. The first-order chi connectivity index (χ1) is 13.5. The fraction of sp³-hybridized carbons (Fsp3) is 0.524. The van der Waals surface area contributed by atoms with Gasteiger partial charge in [0.2, 0.25) is 0 Å². The van der Waals surface area contributed by atoms with Crippen LogP contribution < -0.4 is 16.4 Å². The number of nitrogens with two attached hydrogens (primary N) is 1. The molecule has 28 heavy (non-hydrogen) atoms. The number of rotatable bonds is 8. The van der Waals surface area contributed by atoms with Crippen molar-refractivity contribution in [1.29, 1.82) is 0 Å². The number of hydrogen-bond acceptors (Lipinski definition) is 4. The van der Waals surface area contributed by atoms with Gasteiger partial charge in [-0.2, -0.15) is 11.8 Å². The fourth-order valence-electron chi connectivity index (χ4n) is 3.61. The van der Waals surface area contributed by atoms with Gasteiger partial charge in [-0.25, -0.2) is 4.79 Å². The summed E-state index contributed by atoms with van der Waals surface area (Å²) in [6, 6.07) is 7.31. The third kappa shape index (κ3) is 5.66. The Morgan fingerprint density at radius 2 is 2.04 bits per heavy atom. The molecule has 7 heteroatoms. The number of nitrogens with one attached hydrogen (secondary N) is 2. The largest absolute Gasteiger partial charge is 0.480 e. The summed E-state index contributed by atoms with van der Waals surface area (Å²) in [5.41, 5.74) is 7.39. The predicted octanol–water partition coefficient (Wildman–Crippen LogP) is 2.11. The van der Waals surface area contributed by atoms with E-state index in [9.17, 15) is 9.59 Å². The number of fused-ring (bicyclic) bond motifs is 1. The summed E-state index contributed by atoms with van der Waals surface area (Å²) in [5.74, 6) is 6.40. The summed E-state index contributed by atoms with van der Waals surface area (Å²) in [7, 11) is 0. The maximum absolute atomic E-state index is 11.4. The van der Waals surface area contributed by atoms with Crippen molar-refractivity contribution in [2.45, 2.75) is 61.9 Å². The third-order valence-electron chi connectivity index (χ3n) is 5.19. The molecule has 5 N–H and O–H groups in total. The first-order valence-corrected chi connectivity index (χ1v) is 10.8. The van der Waals surface area contributed by atoms with Gasteiger partial charge in [0.1, 0.15) is 6.04 Å². The van der Waals surface area contributed by atoms with Gasteiger partial charge in [0.15, 0.2) is 0 Å². The molecule has 0 bridgehead atoms. The van der Waals surface area contributed by atoms with Crippen LogP contribution in [0, 0.1) is 11.8 Å². The number of carbonyl (C=O) groups is 2.